The second-order valence-corrected chi connectivity index (χ2v) is 4.74. The topological polar surface area (TPSA) is 38.0 Å². The molecule has 0 unspecified atom stereocenters. The molecule has 0 aliphatic rings. The first-order valence-corrected chi connectivity index (χ1v) is 6.43. The Morgan fingerprint density at radius 1 is 1.11 bits per heavy atom. The molecule has 3 N–H and O–H groups in total. The number of benzene rings is 2. The Labute approximate surface area is 113 Å². The van der Waals surface area contributed by atoms with E-state index in [0.29, 0.717) is 18.7 Å². The Balaban J connectivity index is 2.29. The number of hydrogen-bond acceptors (Lipinski definition) is 2. The highest BCUT2D eigenvalue weighted by molar-refractivity contribution is 5.67. The number of nitrogens with two attached hydrogens (primary N) is 1. The molecule has 0 aromatic heterocycles. The van der Waals surface area contributed by atoms with Gasteiger partial charge in [0, 0.05) is 5.69 Å². The molecule has 0 saturated heterocycles. The van der Waals surface area contributed by atoms with Gasteiger partial charge in [0.05, 0.1) is 5.69 Å². The third kappa shape index (κ3) is 3.12. The first-order chi connectivity index (χ1) is 9.11. The lowest BCUT2D eigenvalue weighted by Crippen LogP contribution is -2.04. The van der Waals surface area contributed by atoms with Gasteiger partial charge in [-0.15, -0.1) is 0 Å². The predicted molar refractivity (Wildman–Crippen MR) is 78.4 cm³/mol. The highest BCUT2D eigenvalue weighted by Crippen LogP contribution is 2.26. The van der Waals surface area contributed by atoms with E-state index >= 15 is 0 Å². The van der Waals surface area contributed by atoms with E-state index in [-0.39, 0.29) is 5.82 Å². The SMILES string of the molecule is Cc1cccc(C)c1Nc1ccc(CCN)cc1F. The van der Waals surface area contributed by atoms with Gasteiger partial charge in [-0.3, -0.25) is 0 Å². The fraction of sp³-hybridized carbons (Fsp3) is 0.250. The van der Waals surface area contributed by atoms with Crippen molar-refractivity contribution in [1.29, 1.82) is 0 Å². The van der Waals surface area contributed by atoms with E-state index in [1.54, 1.807) is 12.1 Å². The molecule has 2 aromatic carbocycles. The van der Waals surface area contributed by atoms with Crippen LogP contribution in [0.25, 0.3) is 0 Å². The van der Waals surface area contributed by atoms with Gasteiger partial charge in [-0.05, 0) is 55.6 Å². The Morgan fingerprint density at radius 2 is 1.79 bits per heavy atom. The van der Waals surface area contributed by atoms with E-state index < -0.39 is 0 Å². The van der Waals surface area contributed by atoms with Crippen LogP contribution in [0.5, 0.6) is 0 Å². The van der Waals surface area contributed by atoms with Crippen molar-refractivity contribution in [2.24, 2.45) is 5.73 Å². The third-order valence-corrected chi connectivity index (χ3v) is 3.21. The molecular weight excluding hydrogens is 239 g/mol. The van der Waals surface area contributed by atoms with Crippen molar-refractivity contribution in [1.82, 2.24) is 0 Å². The quantitative estimate of drug-likeness (QED) is 0.877. The van der Waals surface area contributed by atoms with Gasteiger partial charge in [0.15, 0.2) is 0 Å². The molecule has 0 aliphatic heterocycles. The number of para-hydroxylation sites is 1. The molecule has 19 heavy (non-hydrogen) atoms. The third-order valence-electron chi connectivity index (χ3n) is 3.21. The molecule has 2 nitrogen and oxygen atoms in total. The Kier molecular flexibility index (Phi) is 4.17. The van der Waals surface area contributed by atoms with Gasteiger partial charge in [-0.1, -0.05) is 24.3 Å². The van der Waals surface area contributed by atoms with E-state index in [0.717, 1.165) is 22.4 Å². The van der Waals surface area contributed by atoms with E-state index in [1.165, 1.54) is 0 Å². The maximum absolute atomic E-state index is 14.0. The van der Waals surface area contributed by atoms with Gasteiger partial charge < -0.3 is 11.1 Å². The summed E-state index contributed by atoms with van der Waals surface area (Å²) in [5, 5.41) is 3.17. The summed E-state index contributed by atoms with van der Waals surface area (Å²) < 4.78 is 14.0. The molecule has 0 fully saturated rings. The summed E-state index contributed by atoms with van der Waals surface area (Å²) in [4.78, 5) is 0. The number of anilines is 2. The van der Waals surface area contributed by atoms with Crippen molar-refractivity contribution >= 4 is 11.4 Å². The Bertz CT molecular complexity index is 559. The zero-order valence-electron chi connectivity index (χ0n) is 11.3. The van der Waals surface area contributed by atoms with Crippen LogP contribution < -0.4 is 11.1 Å². The van der Waals surface area contributed by atoms with Crippen LogP contribution in [0.1, 0.15) is 16.7 Å². The van der Waals surface area contributed by atoms with Gasteiger partial charge in [0.2, 0.25) is 0 Å². The summed E-state index contributed by atoms with van der Waals surface area (Å²) >= 11 is 0. The lowest BCUT2D eigenvalue weighted by molar-refractivity contribution is 0.629. The highest BCUT2D eigenvalue weighted by Gasteiger charge is 2.07. The van der Waals surface area contributed by atoms with Crippen LogP contribution in [0.4, 0.5) is 15.8 Å². The monoisotopic (exact) mass is 258 g/mol. The van der Waals surface area contributed by atoms with Crippen LogP contribution in [0.15, 0.2) is 36.4 Å². The van der Waals surface area contributed by atoms with Crippen LogP contribution >= 0.6 is 0 Å². The largest absolute Gasteiger partial charge is 0.353 e. The van der Waals surface area contributed by atoms with Crippen LogP contribution in [0.3, 0.4) is 0 Å². The van der Waals surface area contributed by atoms with Gasteiger partial charge >= 0.3 is 0 Å². The summed E-state index contributed by atoms with van der Waals surface area (Å²) in [7, 11) is 0. The van der Waals surface area contributed by atoms with Crippen LogP contribution in [-0.4, -0.2) is 6.54 Å². The molecule has 0 amide bonds. The first-order valence-electron chi connectivity index (χ1n) is 6.43. The standard InChI is InChI=1S/C16H19FN2/c1-11-4-3-5-12(2)16(11)19-15-7-6-13(8-9-18)10-14(15)17/h3-7,10,19H,8-9,18H2,1-2H3. The van der Waals surface area contributed by atoms with Crippen molar-refractivity contribution in [3.8, 4) is 0 Å². The molecule has 2 rings (SSSR count). The number of nitrogens with one attached hydrogen (secondary N) is 1. The molecule has 2 aromatic rings. The van der Waals surface area contributed by atoms with Gasteiger partial charge in [-0.25, -0.2) is 4.39 Å². The molecule has 0 spiro atoms. The highest BCUT2D eigenvalue weighted by atomic mass is 19.1. The van der Waals surface area contributed by atoms with Crippen LogP contribution in [0.2, 0.25) is 0 Å². The molecule has 0 heterocycles. The second-order valence-electron chi connectivity index (χ2n) is 4.74. The van der Waals surface area contributed by atoms with Gasteiger partial charge in [-0.2, -0.15) is 0 Å². The molecule has 0 saturated carbocycles. The summed E-state index contributed by atoms with van der Waals surface area (Å²) in [5.74, 6) is -0.242. The average Bonchev–Trinajstić information content (AvgIpc) is 2.37. The summed E-state index contributed by atoms with van der Waals surface area (Å²) in [6, 6.07) is 11.2. The number of aryl methyl sites for hydroxylation is 2. The maximum atomic E-state index is 14.0. The van der Waals surface area contributed by atoms with Gasteiger partial charge in [0.1, 0.15) is 5.82 Å². The van der Waals surface area contributed by atoms with Crippen molar-refractivity contribution in [3.63, 3.8) is 0 Å². The minimum Gasteiger partial charge on any atom is -0.353 e. The van der Waals surface area contributed by atoms with Crippen molar-refractivity contribution in [2.45, 2.75) is 20.3 Å². The normalized spacial score (nSPS) is 10.5. The van der Waals surface area contributed by atoms with E-state index in [4.69, 9.17) is 5.73 Å². The lowest BCUT2D eigenvalue weighted by Gasteiger charge is -2.13. The smallest absolute Gasteiger partial charge is 0.146 e. The van der Waals surface area contributed by atoms with E-state index in [1.807, 2.05) is 38.1 Å². The summed E-state index contributed by atoms with van der Waals surface area (Å²) in [6.07, 6.45) is 0.695. The first kappa shape index (κ1) is 13.6. The molecule has 100 valence electrons. The fourth-order valence-electron chi connectivity index (χ4n) is 2.13. The number of halogens is 1. The zero-order valence-corrected chi connectivity index (χ0v) is 11.3. The molecule has 3 heteroatoms. The summed E-state index contributed by atoms with van der Waals surface area (Å²) in [5.41, 5.74) is 10.1. The van der Waals surface area contributed by atoms with Crippen LogP contribution in [0, 0.1) is 19.7 Å². The van der Waals surface area contributed by atoms with Gasteiger partial charge in [0.25, 0.3) is 0 Å². The van der Waals surface area contributed by atoms with Crippen LogP contribution in [-0.2, 0) is 6.42 Å². The second kappa shape index (κ2) is 5.85. The van der Waals surface area contributed by atoms with E-state index in [2.05, 4.69) is 5.32 Å². The number of hydrogen-bond donors (Lipinski definition) is 2. The zero-order chi connectivity index (χ0) is 13.8. The minimum atomic E-state index is -0.242. The van der Waals surface area contributed by atoms with Crippen molar-refractivity contribution in [3.05, 3.63) is 58.9 Å². The minimum absolute atomic E-state index is 0.242. The molecular formula is C16H19FN2. The molecule has 0 atom stereocenters. The number of rotatable bonds is 4. The maximum Gasteiger partial charge on any atom is 0.146 e. The van der Waals surface area contributed by atoms with E-state index in [9.17, 15) is 4.39 Å². The molecule has 0 bridgehead atoms. The van der Waals surface area contributed by atoms with Crippen molar-refractivity contribution < 1.29 is 4.39 Å². The fourth-order valence-corrected chi connectivity index (χ4v) is 2.13. The Morgan fingerprint density at radius 3 is 2.37 bits per heavy atom. The molecule has 0 radical (unpaired) electrons. The Hall–Kier alpha value is -1.87. The predicted octanol–water partition coefficient (Wildman–Crippen LogP) is 3.69. The lowest BCUT2D eigenvalue weighted by atomic mass is 10.1. The summed E-state index contributed by atoms with van der Waals surface area (Å²) in [6.45, 7) is 4.55. The average molecular weight is 258 g/mol. The molecule has 0 aliphatic carbocycles. The van der Waals surface area contributed by atoms with Crippen molar-refractivity contribution in [2.75, 3.05) is 11.9 Å².